The monoisotopic (exact) mass is 296 g/mol. The molecule has 0 aliphatic rings. The number of anilines is 3. The first-order valence-electron chi connectivity index (χ1n) is 5.84. The van der Waals surface area contributed by atoms with Crippen LogP contribution in [0, 0.1) is 0 Å². The number of ether oxygens (including phenoxy) is 1. The first kappa shape index (κ1) is 13.8. The summed E-state index contributed by atoms with van der Waals surface area (Å²) in [6.07, 6.45) is 0. The number of rotatable bonds is 4. The minimum atomic E-state index is 0.441. The molecule has 0 fully saturated rings. The van der Waals surface area contributed by atoms with E-state index in [0.29, 0.717) is 22.3 Å². The van der Waals surface area contributed by atoms with Crippen molar-refractivity contribution < 1.29 is 4.74 Å². The number of hydrogen-bond donors (Lipinski definition) is 2. The van der Waals surface area contributed by atoms with Crippen LogP contribution < -0.4 is 15.8 Å². The van der Waals surface area contributed by atoms with Crippen molar-refractivity contribution >= 4 is 40.3 Å². The molecule has 19 heavy (non-hydrogen) atoms. The van der Waals surface area contributed by atoms with Crippen molar-refractivity contribution in [1.82, 2.24) is 0 Å². The highest BCUT2D eigenvalue weighted by molar-refractivity contribution is 6.42. The topological polar surface area (TPSA) is 47.3 Å². The van der Waals surface area contributed by atoms with Gasteiger partial charge >= 0.3 is 0 Å². The molecule has 0 radical (unpaired) electrons. The molecular formula is C14H14Cl2N2O. The van der Waals surface area contributed by atoms with E-state index in [-0.39, 0.29) is 0 Å². The lowest BCUT2D eigenvalue weighted by Crippen LogP contribution is -1.97. The van der Waals surface area contributed by atoms with Gasteiger partial charge in [-0.1, -0.05) is 23.2 Å². The summed E-state index contributed by atoms with van der Waals surface area (Å²) in [6.45, 7) is 2.59. The number of halogens is 2. The average Bonchev–Trinajstić information content (AvgIpc) is 2.38. The molecule has 2 aromatic rings. The van der Waals surface area contributed by atoms with Crippen LogP contribution in [-0.4, -0.2) is 6.61 Å². The van der Waals surface area contributed by atoms with E-state index in [1.54, 1.807) is 12.1 Å². The molecule has 0 bridgehead atoms. The summed E-state index contributed by atoms with van der Waals surface area (Å²) in [5, 5.41) is 4.09. The molecular weight excluding hydrogens is 283 g/mol. The van der Waals surface area contributed by atoms with Gasteiger partial charge in [0, 0.05) is 5.69 Å². The van der Waals surface area contributed by atoms with Crippen molar-refractivity contribution in [3.05, 3.63) is 46.4 Å². The Morgan fingerprint density at radius 2 is 1.74 bits per heavy atom. The third-order valence-corrected chi connectivity index (χ3v) is 3.26. The van der Waals surface area contributed by atoms with Crippen molar-refractivity contribution in [2.45, 2.75) is 6.92 Å². The molecule has 2 aromatic carbocycles. The number of nitrogens with one attached hydrogen (secondary N) is 1. The number of nitrogen functional groups attached to an aromatic ring is 1. The van der Waals surface area contributed by atoms with Crippen molar-refractivity contribution in [3.8, 4) is 5.75 Å². The van der Waals surface area contributed by atoms with Crippen molar-refractivity contribution in [2.75, 3.05) is 17.7 Å². The van der Waals surface area contributed by atoms with Crippen LogP contribution in [-0.2, 0) is 0 Å². The van der Waals surface area contributed by atoms with Gasteiger partial charge < -0.3 is 15.8 Å². The van der Waals surface area contributed by atoms with E-state index in [2.05, 4.69) is 5.32 Å². The molecule has 0 unspecified atom stereocenters. The highest BCUT2D eigenvalue weighted by Crippen LogP contribution is 2.32. The zero-order chi connectivity index (χ0) is 13.8. The molecule has 0 heterocycles. The molecule has 2 rings (SSSR count). The predicted octanol–water partition coefficient (Wildman–Crippen LogP) is 4.72. The van der Waals surface area contributed by atoms with Crippen molar-refractivity contribution in [2.24, 2.45) is 0 Å². The van der Waals surface area contributed by atoms with E-state index in [9.17, 15) is 0 Å². The van der Waals surface area contributed by atoms with Crippen LogP contribution in [0.5, 0.6) is 5.75 Å². The fourth-order valence-corrected chi connectivity index (χ4v) is 1.96. The van der Waals surface area contributed by atoms with Crippen LogP contribution in [0.15, 0.2) is 36.4 Å². The quantitative estimate of drug-likeness (QED) is 0.803. The summed E-state index contributed by atoms with van der Waals surface area (Å²) in [6, 6.07) is 10.9. The summed E-state index contributed by atoms with van der Waals surface area (Å²) in [7, 11) is 0. The zero-order valence-corrected chi connectivity index (χ0v) is 11.9. The lowest BCUT2D eigenvalue weighted by molar-refractivity contribution is 0.340. The smallest absolute Gasteiger partial charge is 0.119 e. The SMILES string of the molecule is CCOc1ccc(Nc2cc(Cl)c(Cl)cc2N)cc1. The van der Waals surface area contributed by atoms with Crippen LogP contribution in [0.25, 0.3) is 0 Å². The second-order valence-corrected chi connectivity index (χ2v) is 4.75. The maximum atomic E-state index is 5.97. The Bertz CT molecular complexity index is 570. The Kier molecular flexibility index (Phi) is 4.40. The Morgan fingerprint density at radius 1 is 1.11 bits per heavy atom. The summed E-state index contributed by atoms with van der Waals surface area (Å²) in [5.41, 5.74) is 8.05. The van der Waals surface area contributed by atoms with Gasteiger partial charge in [-0.05, 0) is 43.3 Å². The maximum absolute atomic E-state index is 5.97. The summed E-state index contributed by atoms with van der Waals surface area (Å²) in [5.74, 6) is 0.829. The Balaban J connectivity index is 2.19. The first-order chi connectivity index (χ1) is 9.10. The molecule has 0 atom stereocenters. The minimum absolute atomic E-state index is 0.441. The Labute approximate surface area is 122 Å². The summed E-state index contributed by atoms with van der Waals surface area (Å²) in [4.78, 5) is 0. The average molecular weight is 297 g/mol. The van der Waals surface area contributed by atoms with E-state index < -0.39 is 0 Å². The Hall–Kier alpha value is -1.58. The second kappa shape index (κ2) is 6.04. The van der Waals surface area contributed by atoms with Gasteiger partial charge in [-0.2, -0.15) is 0 Å². The van der Waals surface area contributed by atoms with Gasteiger partial charge in [0.15, 0.2) is 0 Å². The molecule has 0 saturated heterocycles. The fourth-order valence-electron chi connectivity index (χ4n) is 1.63. The molecule has 0 aliphatic carbocycles. The van der Waals surface area contributed by atoms with Crippen molar-refractivity contribution in [3.63, 3.8) is 0 Å². The highest BCUT2D eigenvalue weighted by atomic mass is 35.5. The summed E-state index contributed by atoms with van der Waals surface area (Å²) >= 11 is 11.9. The zero-order valence-electron chi connectivity index (χ0n) is 10.4. The van der Waals surface area contributed by atoms with Crippen LogP contribution in [0.3, 0.4) is 0 Å². The first-order valence-corrected chi connectivity index (χ1v) is 6.60. The van der Waals surface area contributed by atoms with Gasteiger partial charge in [0.05, 0.1) is 28.0 Å². The standard InChI is InChI=1S/C14H14Cl2N2O/c1-2-19-10-5-3-9(4-6-10)18-14-8-12(16)11(15)7-13(14)17/h3-8,18H,2,17H2,1H3. The van der Waals surface area contributed by atoms with Crippen LogP contribution in [0.2, 0.25) is 10.0 Å². The van der Waals surface area contributed by atoms with Gasteiger partial charge in [-0.25, -0.2) is 0 Å². The normalized spacial score (nSPS) is 10.3. The third-order valence-electron chi connectivity index (χ3n) is 2.54. The van der Waals surface area contributed by atoms with Crippen molar-refractivity contribution in [1.29, 1.82) is 0 Å². The fraction of sp³-hybridized carbons (Fsp3) is 0.143. The molecule has 0 saturated carbocycles. The molecule has 3 nitrogen and oxygen atoms in total. The summed E-state index contributed by atoms with van der Waals surface area (Å²) < 4.78 is 5.38. The van der Waals surface area contributed by atoms with Crippen LogP contribution >= 0.6 is 23.2 Å². The van der Waals surface area contributed by atoms with Gasteiger partial charge in [-0.3, -0.25) is 0 Å². The third kappa shape index (κ3) is 3.46. The lowest BCUT2D eigenvalue weighted by atomic mass is 10.2. The lowest BCUT2D eigenvalue weighted by Gasteiger charge is -2.11. The predicted molar refractivity (Wildman–Crippen MR) is 81.8 cm³/mol. The van der Waals surface area contributed by atoms with Gasteiger partial charge in [0.2, 0.25) is 0 Å². The van der Waals surface area contributed by atoms with E-state index in [1.807, 2.05) is 31.2 Å². The molecule has 5 heteroatoms. The molecule has 0 amide bonds. The molecule has 100 valence electrons. The van der Waals surface area contributed by atoms with Gasteiger partial charge in [0.25, 0.3) is 0 Å². The van der Waals surface area contributed by atoms with E-state index in [0.717, 1.165) is 17.1 Å². The van der Waals surface area contributed by atoms with Gasteiger partial charge in [-0.15, -0.1) is 0 Å². The molecule has 3 N–H and O–H groups in total. The van der Waals surface area contributed by atoms with E-state index >= 15 is 0 Å². The largest absolute Gasteiger partial charge is 0.494 e. The molecule has 0 aromatic heterocycles. The maximum Gasteiger partial charge on any atom is 0.119 e. The number of hydrogen-bond acceptors (Lipinski definition) is 3. The molecule has 0 aliphatic heterocycles. The Morgan fingerprint density at radius 3 is 2.37 bits per heavy atom. The second-order valence-electron chi connectivity index (χ2n) is 3.94. The van der Waals surface area contributed by atoms with Gasteiger partial charge in [0.1, 0.15) is 5.75 Å². The number of nitrogens with two attached hydrogens (primary N) is 1. The minimum Gasteiger partial charge on any atom is -0.494 e. The number of benzene rings is 2. The molecule has 0 spiro atoms. The van der Waals surface area contributed by atoms with Crippen LogP contribution in [0.1, 0.15) is 6.92 Å². The van der Waals surface area contributed by atoms with E-state index in [4.69, 9.17) is 33.7 Å². The van der Waals surface area contributed by atoms with Crippen LogP contribution in [0.4, 0.5) is 17.1 Å². The van der Waals surface area contributed by atoms with E-state index in [1.165, 1.54) is 0 Å². The highest BCUT2D eigenvalue weighted by Gasteiger charge is 2.05.